The fourth-order valence-electron chi connectivity index (χ4n) is 7.29. The number of likely N-dealkylation sites (N-methyl/N-ethyl adjacent to an activating group) is 1. The largest absolute Gasteiger partial charge is 0.461 e. The van der Waals surface area contributed by atoms with Gasteiger partial charge in [-0.3, -0.25) is 19.2 Å². The number of amides is 4. The highest BCUT2D eigenvalue weighted by atomic mass is 16.6. The van der Waals surface area contributed by atoms with Crippen LogP contribution in [0.4, 0.5) is 4.79 Å². The lowest BCUT2D eigenvalue weighted by atomic mass is 9.91. The lowest BCUT2D eigenvalue weighted by Gasteiger charge is -2.33. The average molecular weight is 791 g/mol. The molecule has 1 saturated heterocycles. The molecule has 13 heteroatoms. The minimum absolute atomic E-state index is 0.0148. The molecule has 2 aliphatic rings. The molecule has 0 spiro atoms. The minimum Gasteiger partial charge on any atom is -0.461 e. The van der Waals surface area contributed by atoms with E-state index in [9.17, 15) is 28.8 Å². The number of likely N-dealkylation sites (tertiary alicyclic amines) is 1. The number of ether oxygens (including phenoxy) is 3. The smallest absolute Gasteiger partial charge is 0.410 e. The van der Waals surface area contributed by atoms with Gasteiger partial charge in [-0.25, -0.2) is 9.59 Å². The number of hydrogen-bond acceptors (Lipinski definition) is 9. The molecule has 1 aliphatic heterocycles. The van der Waals surface area contributed by atoms with Crippen LogP contribution in [0.5, 0.6) is 0 Å². The number of hydrogen-bond donors (Lipinski definition) is 2. The van der Waals surface area contributed by atoms with E-state index in [1.807, 2.05) is 69.3 Å². The van der Waals surface area contributed by atoms with Crippen molar-refractivity contribution in [1.82, 2.24) is 20.4 Å². The Morgan fingerprint density at radius 1 is 0.789 bits per heavy atom. The Balaban J connectivity index is 1.34. The van der Waals surface area contributed by atoms with Gasteiger partial charge in [0.15, 0.2) is 0 Å². The maximum absolute atomic E-state index is 13.9. The lowest BCUT2D eigenvalue weighted by molar-refractivity contribution is -0.150. The number of carbonyl (C=O) groups is 6. The van der Waals surface area contributed by atoms with Crippen LogP contribution >= 0.6 is 0 Å². The highest BCUT2D eigenvalue weighted by molar-refractivity contribution is 5.94. The summed E-state index contributed by atoms with van der Waals surface area (Å²) in [6.07, 6.45) is 6.89. The number of piperidine rings is 1. The van der Waals surface area contributed by atoms with Gasteiger partial charge in [-0.15, -0.1) is 0 Å². The monoisotopic (exact) mass is 790 g/mol. The summed E-state index contributed by atoms with van der Waals surface area (Å²) in [5, 5.41) is 5.44. The van der Waals surface area contributed by atoms with Crippen molar-refractivity contribution >= 4 is 35.8 Å². The van der Waals surface area contributed by atoms with Crippen molar-refractivity contribution in [1.29, 1.82) is 0 Å². The Bertz CT molecular complexity index is 1600. The van der Waals surface area contributed by atoms with Gasteiger partial charge in [0.05, 0.1) is 13.0 Å². The van der Waals surface area contributed by atoms with E-state index < -0.39 is 47.9 Å². The maximum atomic E-state index is 13.9. The SMILES string of the molecule is CCN(CC(=O)N[C@@H](CC(=O)OCc1ccccc1)C(=O)N[C@@H](CC1CCCC1)C(=O)OCc1ccccc1)C(=O)CCCC1CCN(C(=O)OC(C)(C)C)CC1. The zero-order valence-corrected chi connectivity index (χ0v) is 34.2. The van der Waals surface area contributed by atoms with E-state index in [2.05, 4.69) is 10.6 Å². The summed E-state index contributed by atoms with van der Waals surface area (Å²) in [5.74, 6) is -2.23. The van der Waals surface area contributed by atoms with E-state index in [4.69, 9.17) is 14.2 Å². The summed E-state index contributed by atoms with van der Waals surface area (Å²) >= 11 is 0. The molecular weight excluding hydrogens is 729 g/mol. The molecule has 2 N–H and O–H groups in total. The van der Waals surface area contributed by atoms with E-state index in [0.717, 1.165) is 56.1 Å². The molecular formula is C44H62N4O9. The second-order valence-electron chi connectivity index (χ2n) is 16.2. The average Bonchev–Trinajstić information content (AvgIpc) is 3.71. The topological polar surface area (TPSA) is 161 Å². The van der Waals surface area contributed by atoms with Gasteiger partial charge in [0.2, 0.25) is 17.7 Å². The molecule has 4 amide bonds. The summed E-state index contributed by atoms with van der Waals surface area (Å²) in [7, 11) is 0. The molecule has 1 heterocycles. The summed E-state index contributed by atoms with van der Waals surface area (Å²) in [5.41, 5.74) is 1.02. The van der Waals surface area contributed by atoms with Crippen LogP contribution in [0.15, 0.2) is 60.7 Å². The number of esters is 2. The quantitative estimate of drug-likeness (QED) is 0.127. The minimum atomic E-state index is -1.37. The van der Waals surface area contributed by atoms with Crippen molar-refractivity contribution in [3.63, 3.8) is 0 Å². The van der Waals surface area contributed by atoms with E-state index in [0.29, 0.717) is 31.8 Å². The van der Waals surface area contributed by atoms with Crippen molar-refractivity contribution in [3.8, 4) is 0 Å². The van der Waals surface area contributed by atoms with Gasteiger partial charge in [0, 0.05) is 26.1 Å². The van der Waals surface area contributed by atoms with E-state index in [-0.39, 0.29) is 50.6 Å². The summed E-state index contributed by atoms with van der Waals surface area (Å²) in [4.78, 5) is 82.7. The molecule has 2 aromatic rings. The van der Waals surface area contributed by atoms with Crippen molar-refractivity contribution in [2.75, 3.05) is 26.2 Å². The van der Waals surface area contributed by atoms with Crippen molar-refractivity contribution in [2.45, 2.75) is 129 Å². The highest BCUT2D eigenvalue weighted by Crippen LogP contribution is 2.29. The fraction of sp³-hybridized carbons (Fsp3) is 0.591. The van der Waals surface area contributed by atoms with Gasteiger partial charge in [-0.2, -0.15) is 0 Å². The number of benzene rings is 2. The van der Waals surface area contributed by atoms with Crippen LogP contribution in [-0.2, 0) is 51.4 Å². The summed E-state index contributed by atoms with van der Waals surface area (Å²) in [6, 6.07) is 16.0. The first kappa shape index (κ1) is 44.8. The number of nitrogens with one attached hydrogen (secondary N) is 2. The van der Waals surface area contributed by atoms with Gasteiger partial charge in [-0.1, -0.05) is 86.3 Å². The molecule has 2 atom stereocenters. The first-order chi connectivity index (χ1) is 27.3. The molecule has 4 rings (SSSR count). The third kappa shape index (κ3) is 16.2. The Labute approximate surface area is 337 Å². The first-order valence-electron chi connectivity index (χ1n) is 20.5. The van der Waals surface area contributed by atoms with E-state index in [1.165, 1.54) is 4.90 Å². The van der Waals surface area contributed by atoms with Gasteiger partial charge in [0.25, 0.3) is 0 Å². The third-order valence-electron chi connectivity index (χ3n) is 10.5. The van der Waals surface area contributed by atoms with Crippen LogP contribution in [0.3, 0.4) is 0 Å². The van der Waals surface area contributed by atoms with E-state index in [1.54, 1.807) is 24.0 Å². The van der Waals surface area contributed by atoms with E-state index >= 15 is 0 Å². The fourth-order valence-corrected chi connectivity index (χ4v) is 7.29. The van der Waals surface area contributed by atoms with Crippen molar-refractivity contribution in [2.24, 2.45) is 11.8 Å². The molecule has 0 aromatic heterocycles. The Morgan fingerprint density at radius 2 is 1.39 bits per heavy atom. The molecule has 0 unspecified atom stereocenters. The number of carbonyl (C=O) groups excluding carboxylic acids is 6. The highest BCUT2D eigenvalue weighted by Gasteiger charge is 2.33. The predicted octanol–water partition coefficient (Wildman–Crippen LogP) is 6.08. The Kier molecular flexibility index (Phi) is 17.8. The normalized spacial score (nSPS) is 15.9. The first-order valence-corrected chi connectivity index (χ1v) is 20.5. The Hall–Kier alpha value is -4.94. The second kappa shape index (κ2) is 22.7. The van der Waals surface area contributed by atoms with Crippen LogP contribution in [0.2, 0.25) is 0 Å². The molecule has 57 heavy (non-hydrogen) atoms. The lowest BCUT2D eigenvalue weighted by Crippen LogP contribution is -2.54. The maximum Gasteiger partial charge on any atom is 0.410 e. The molecule has 312 valence electrons. The standard InChI is InChI=1S/C44H62N4O9/c1-5-47(39(50)22-14-21-32-23-25-48(26-24-32)43(54)57-44(2,3)4)29-38(49)45-36(28-40(51)55-30-34-17-8-6-9-18-34)41(52)46-37(27-33-15-12-13-16-33)42(53)56-31-35-19-10-7-11-20-35/h6-11,17-20,32-33,36-37H,5,12-16,21-31H2,1-4H3,(H,45,49)(H,46,52)/t36-,37-/m0/s1. The van der Waals surface area contributed by atoms with Crippen LogP contribution in [0, 0.1) is 11.8 Å². The Morgan fingerprint density at radius 3 is 1.96 bits per heavy atom. The zero-order valence-electron chi connectivity index (χ0n) is 34.2. The second-order valence-corrected chi connectivity index (χ2v) is 16.2. The molecule has 2 fully saturated rings. The van der Waals surface area contributed by atoms with Gasteiger partial charge in [-0.05, 0) is 82.8 Å². The molecule has 0 radical (unpaired) electrons. The van der Waals surface area contributed by atoms with Gasteiger partial charge < -0.3 is 34.6 Å². The summed E-state index contributed by atoms with van der Waals surface area (Å²) < 4.78 is 16.6. The van der Waals surface area contributed by atoms with Crippen molar-refractivity contribution < 1.29 is 43.0 Å². The predicted molar refractivity (Wildman–Crippen MR) is 214 cm³/mol. The van der Waals surface area contributed by atoms with Crippen molar-refractivity contribution in [3.05, 3.63) is 71.8 Å². The van der Waals surface area contributed by atoms with Crippen LogP contribution in [0.25, 0.3) is 0 Å². The van der Waals surface area contributed by atoms with Gasteiger partial charge in [0.1, 0.15) is 30.9 Å². The number of rotatable bonds is 19. The number of nitrogens with zero attached hydrogens (tertiary/aromatic N) is 2. The van der Waals surface area contributed by atoms with Crippen LogP contribution < -0.4 is 10.6 Å². The molecule has 0 bridgehead atoms. The molecule has 2 aromatic carbocycles. The molecule has 1 aliphatic carbocycles. The molecule has 13 nitrogen and oxygen atoms in total. The van der Waals surface area contributed by atoms with Gasteiger partial charge >= 0.3 is 18.0 Å². The summed E-state index contributed by atoms with van der Waals surface area (Å²) in [6.45, 7) is 8.52. The van der Waals surface area contributed by atoms with Crippen LogP contribution in [0.1, 0.15) is 109 Å². The zero-order chi connectivity index (χ0) is 41.2. The third-order valence-corrected chi connectivity index (χ3v) is 10.5. The van der Waals surface area contributed by atoms with Crippen LogP contribution in [-0.4, -0.2) is 89.4 Å². The molecule has 1 saturated carbocycles.